The largest absolute Gasteiger partial charge is 0.481 e. The van der Waals surface area contributed by atoms with Crippen LogP contribution in [0.15, 0.2) is 30.3 Å². The minimum absolute atomic E-state index is 0.364. The molecule has 21 heavy (non-hydrogen) atoms. The molecule has 0 bridgehead atoms. The molecule has 0 heterocycles. The number of hydrogen-bond donors (Lipinski definition) is 1. The Labute approximate surface area is 125 Å². The first-order chi connectivity index (χ1) is 9.69. The standard InChI is InChI=1S/C16H23NO4/c1-11(15(19)21-16(3,4)5)17-14(18)12(2)20-13-9-7-6-8-10-13/h6-12H,1-5H3,(H,17,18)/t11-,12?/m0/s1. The summed E-state index contributed by atoms with van der Waals surface area (Å²) < 4.78 is 10.7. The molecule has 116 valence electrons. The second-order valence-electron chi connectivity index (χ2n) is 5.84. The molecule has 5 nitrogen and oxygen atoms in total. The maximum atomic E-state index is 12.0. The Bertz CT molecular complexity index is 479. The van der Waals surface area contributed by atoms with Crippen LogP contribution in [-0.2, 0) is 14.3 Å². The van der Waals surface area contributed by atoms with Gasteiger partial charge >= 0.3 is 5.97 Å². The van der Waals surface area contributed by atoms with Gasteiger partial charge in [-0.3, -0.25) is 4.79 Å². The van der Waals surface area contributed by atoms with E-state index in [0.29, 0.717) is 5.75 Å². The molecule has 2 atom stereocenters. The lowest BCUT2D eigenvalue weighted by Crippen LogP contribution is -2.46. The van der Waals surface area contributed by atoms with Gasteiger partial charge in [0.25, 0.3) is 5.91 Å². The normalized spacial score (nSPS) is 14.0. The van der Waals surface area contributed by atoms with Crippen molar-refractivity contribution in [2.24, 2.45) is 0 Å². The van der Waals surface area contributed by atoms with E-state index < -0.39 is 23.7 Å². The lowest BCUT2D eigenvalue weighted by Gasteiger charge is -2.23. The second-order valence-corrected chi connectivity index (χ2v) is 5.84. The lowest BCUT2D eigenvalue weighted by molar-refractivity contribution is -0.158. The molecular formula is C16H23NO4. The fourth-order valence-corrected chi connectivity index (χ4v) is 1.54. The third-order valence-corrected chi connectivity index (χ3v) is 2.54. The summed E-state index contributed by atoms with van der Waals surface area (Å²) in [5, 5.41) is 2.58. The molecule has 0 aromatic heterocycles. The van der Waals surface area contributed by atoms with E-state index in [4.69, 9.17) is 9.47 Å². The van der Waals surface area contributed by atoms with Gasteiger partial charge in [-0.15, -0.1) is 0 Å². The van der Waals surface area contributed by atoms with Crippen LogP contribution in [0, 0.1) is 0 Å². The van der Waals surface area contributed by atoms with Gasteiger partial charge in [-0.2, -0.15) is 0 Å². The van der Waals surface area contributed by atoms with Gasteiger partial charge in [-0.25, -0.2) is 4.79 Å². The number of ether oxygens (including phenoxy) is 2. The Morgan fingerprint density at radius 2 is 1.67 bits per heavy atom. The van der Waals surface area contributed by atoms with Gasteiger partial charge in [-0.05, 0) is 46.8 Å². The Morgan fingerprint density at radius 1 is 1.10 bits per heavy atom. The first-order valence-corrected chi connectivity index (χ1v) is 6.94. The molecule has 0 aliphatic carbocycles. The first kappa shape index (κ1) is 17.0. The van der Waals surface area contributed by atoms with Crippen LogP contribution in [0.25, 0.3) is 0 Å². The summed E-state index contributed by atoms with van der Waals surface area (Å²) in [6, 6.07) is 8.32. The van der Waals surface area contributed by atoms with Gasteiger partial charge in [0.2, 0.25) is 0 Å². The second kappa shape index (κ2) is 7.11. The minimum atomic E-state index is -0.724. The highest BCUT2D eigenvalue weighted by molar-refractivity contribution is 5.86. The van der Waals surface area contributed by atoms with E-state index in [9.17, 15) is 9.59 Å². The average Bonchev–Trinajstić information content (AvgIpc) is 2.37. The zero-order chi connectivity index (χ0) is 16.0. The molecular weight excluding hydrogens is 270 g/mol. The van der Waals surface area contributed by atoms with Crippen molar-refractivity contribution in [1.82, 2.24) is 5.32 Å². The number of rotatable bonds is 5. The van der Waals surface area contributed by atoms with Crippen LogP contribution < -0.4 is 10.1 Å². The van der Waals surface area contributed by atoms with E-state index in [1.54, 1.807) is 46.8 Å². The summed E-state index contributed by atoms with van der Waals surface area (Å²) in [4.78, 5) is 23.8. The van der Waals surface area contributed by atoms with Crippen LogP contribution in [0.5, 0.6) is 5.75 Å². The molecule has 0 saturated carbocycles. The third kappa shape index (κ3) is 6.29. The summed E-state index contributed by atoms with van der Waals surface area (Å²) in [6.07, 6.45) is -0.697. The van der Waals surface area contributed by atoms with E-state index in [2.05, 4.69) is 5.32 Å². The Hall–Kier alpha value is -2.04. The average molecular weight is 293 g/mol. The zero-order valence-electron chi connectivity index (χ0n) is 13.2. The quantitative estimate of drug-likeness (QED) is 0.846. The molecule has 0 aliphatic heterocycles. The Kier molecular flexibility index (Phi) is 5.76. The predicted octanol–water partition coefficient (Wildman–Crippen LogP) is 2.30. The van der Waals surface area contributed by atoms with Crippen molar-refractivity contribution < 1.29 is 19.1 Å². The molecule has 1 amide bonds. The molecule has 1 unspecified atom stereocenters. The van der Waals surface area contributed by atoms with Crippen molar-refractivity contribution in [1.29, 1.82) is 0 Å². The number of nitrogens with one attached hydrogen (secondary N) is 1. The van der Waals surface area contributed by atoms with Gasteiger partial charge in [0.15, 0.2) is 6.10 Å². The number of esters is 1. The topological polar surface area (TPSA) is 64.6 Å². The molecule has 0 fully saturated rings. The molecule has 1 aromatic rings. The number of amides is 1. The van der Waals surface area contributed by atoms with Gasteiger partial charge in [0, 0.05) is 0 Å². The molecule has 1 N–H and O–H groups in total. The number of carbonyl (C=O) groups is 2. The van der Waals surface area contributed by atoms with Crippen LogP contribution in [0.2, 0.25) is 0 Å². The SMILES string of the molecule is CC(Oc1ccccc1)C(=O)N[C@@H](C)C(=O)OC(C)(C)C. The molecule has 1 aromatic carbocycles. The van der Waals surface area contributed by atoms with Crippen LogP contribution in [-0.4, -0.2) is 29.6 Å². The van der Waals surface area contributed by atoms with Crippen molar-refractivity contribution in [3.8, 4) is 5.75 Å². The molecule has 0 radical (unpaired) electrons. The van der Waals surface area contributed by atoms with Crippen molar-refractivity contribution in [3.05, 3.63) is 30.3 Å². The van der Waals surface area contributed by atoms with Crippen LogP contribution in [0.3, 0.4) is 0 Å². The van der Waals surface area contributed by atoms with E-state index in [0.717, 1.165) is 0 Å². The van der Waals surface area contributed by atoms with E-state index >= 15 is 0 Å². The minimum Gasteiger partial charge on any atom is -0.481 e. The number of carbonyl (C=O) groups excluding carboxylic acids is 2. The van der Waals surface area contributed by atoms with E-state index in [1.165, 1.54) is 0 Å². The maximum Gasteiger partial charge on any atom is 0.328 e. The Morgan fingerprint density at radius 3 is 2.19 bits per heavy atom. The van der Waals surface area contributed by atoms with Gasteiger partial charge < -0.3 is 14.8 Å². The lowest BCUT2D eigenvalue weighted by atomic mass is 10.2. The van der Waals surface area contributed by atoms with E-state index in [-0.39, 0.29) is 5.91 Å². The maximum absolute atomic E-state index is 12.0. The fraction of sp³-hybridized carbons (Fsp3) is 0.500. The monoisotopic (exact) mass is 293 g/mol. The predicted molar refractivity (Wildman–Crippen MR) is 80.0 cm³/mol. The molecule has 1 rings (SSSR count). The van der Waals surface area contributed by atoms with Crippen LogP contribution in [0.1, 0.15) is 34.6 Å². The number of para-hydroxylation sites is 1. The van der Waals surface area contributed by atoms with Gasteiger partial charge in [0.1, 0.15) is 17.4 Å². The van der Waals surface area contributed by atoms with Crippen molar-refractivity contribution >= 4 is 11.9 Å². The summed E-state index contributed by atoms with van der Waals surface area (Å²) >= 11 is 0. The highest BCUT2D eigenvalue weighted by atomic mass is 16.6. The fourth-order valence-electron chi connectivity index (χ4n) is 1.54. The van der Waals surface area contributed by atoms with Crippen molar-refractivity contribution in [2.75, 3.05) is 0 Å². The summed E-state index contributed by atoms with van der Waals surface area (Å²) in [5.41, 5.74) is -0.581. The van der Waals surface area contributed by atoms with Crippen LogP contribution >= 0.6 is 0 Å². The Balaban J connectivity index is 2.50. The van der Waals surface area contributed by atoms with Gasteiger partial charge in [-0.1, -0.05) is 18.2 Å². The summed E-state index contributed by atoms with van der Waals surface area (Å²) in [7, 11) is 0. The van der Waals surface area contributed by atoms with Gasteiger partial charge in [0.05, 0.1) is 0 Å². The van der Waals surface area contributed by atoms with Crippen molar-refractivity contribution in [3.63, 3.8) is 0 Å². The molecule has 0 aliphatic rings. The smallest absolute Gasteiger partial charge is 0.328 e. The van der Waals surface area contributed by atoms with Crippen LogP contribution in [0.4, 0.5) is 0 Å². The first-order valence-electron chi connectivity index (χ1n) is 6.94. The summed E-state index contributed by atoms with van der Waals surface area (Å²) in [6.45, 7) is 8.55. The summed E-state index contributed by atoms with van der Waals surface area (Å²) in [5.74, 6) is -0.231. The van der Waals surface area contributed by atoms with Crippen molar-refractivity contribution in [2.45, 2.75) is 52.4 Å². The molecule has 0 saturated heterocycles. The zero-order valence-corrected chi connectivity index (χ0v) is 13.2. The molecule has 5 heteroatoms. The van der Waals surface area contributed by atoms with E-state index in [1.807, 2.05) is 18.2 Å². The highest BCUT2D eigenvalue weighted by Crippen LogP contribution is 2.11. The number of benzene rings is 1. The molecule has 0 spiro atoms. The highest BCUT2D eigenvalue weighted by Gasteiger charge is 2.25. The third-order valence-electron chi connectivity index (χ3n) is 2.54. The number of hydrogen-bond acceptors (Lipinski definition) is 4.